The molecule has 0 spiro atoms. The van der Waals surface area contributed by atoms with Crippen molar-refractivity contribution < 1.29 is 14.6 Å². The van der Waals surface area contributed by atoms with Gasteiger partial charge in [0.15, 0.2) is 5.69 Å². The number of aromatic nitrogens is 2. The van der Waals surface area contributed by atoms with Crippen molar-refractivity contribution in [3.05, 3.63) is 47.4 Å². The molecular formula is C17H19ClN4O3. The molecule has 25 heavy (non-hydrogen) atoms. The zero-order chi connectivity index (χ0) is 17.6. The number of aromatic carboxylic acids is 1. The number of benzene rings is 1. The maximum Gasteiger partial charge on any atom is 0.356 e. The van der Waals surface area contributed by atoms with E-state index in [1.165, 1.54) is 12.4 Å². The Labute approximate surface area is 150 Å². The molecule has 0 amide bonds. The molecule has 1 aromatic heterocycles. The van der Waals surface area contributed by atoms with Crippen LogP contribution in [0, 0.1) is 0 Å². The average molecular weight is 363 g/mol. The van der Waals surface area contributed by atoms with Crippen molar-refractivity contribution in [2.24, 2.45) is 0 Å². The second-order valence-electron chi connectivity index (χ2n) is 5.70. The smallest absolute Gasteiger partial charge is 0.356 e. The normalized spacial score (nSPS) is 15.2. The van der Waals surface area contributed by atoms with E-state index in [0.29, 0.717) is 17.4 Å². The summed E-state index contributed by atoms with van der Waals surface area (Å²) in [6.45, 7) is 4.90. The third-order valence-corrected chi connectivity index (χ3v) is 4.30. The van der Waals surface area contributed by atoms with Crippen LogP contribution in [0.2, 0.25) is 5.02 Å². The van der Waals surface area contributed by atoms with Crippen LogP contribution in [0.4, 0.5) is 5.82 Å². The zero-order valence-corrected chi connectivity index (χ0v) is 14.4. The Morgan fingerprint density at radius 1 is 1.12 bits per heavy atom. The van der Waals surface area contributed by atoms with E-state index in [0.717, 1.165) is 38.5 Å². The minimum absolute atomic E-state index is 0.0401. The SMILES string of the molecule is O=C(O)c1cnc(N2CCN(CCOc3ccc(Cl)cc3)CC2)cn1. The molecule has 1 aliphatic heterocycles. The number of halogens is 1. The fourth-order valence-corrected chi connectivity index (χ4v) is 2.74. The highest BCUT2D eigenvalue weighted by Crippen LogP contribution is 2.16. The number of anilines is 1. The number of nitrogens with zero attached hydrogens (tertiary/aromatic N) is 4. The van der Waals surface area contributed by atoms with Crippen molar-refractivity contribution in [1.29, 1.82) is 0 Å². The van der Waals surface area contributed by atoms with E-state index in [1.54, 1.807) is 0 Å². The number of hydrogen-bond acceptors (Lipinski definition) is 6. The van der Waals surface area contributed by atoms with Crippen LogP contribution in [-0.2, 0) is 0 Å². The summed E-state index contributed by atoms with van der Waals surface area (Å²) < 4.78 is 5.72. The lowest BCUT2D eigenvalue weighted by atomic mass is 10.3. The second kappa shape index (κ2) is 8.13. The number of carboxylic acids is 1. The van der Waals surface area contributed by atoms with E-state index in [9.17, 15) is 4.79 Å². The third kappa shape index (κ3) is 4.80. The number of rotatable bonds is 6. The highest BCUT2D eigenvalue weighted by atomic mass is 35.5. The lowest BCUT2D eigenvalue weighted by molar-refractivity contribution is 0.0690. The molecule has 0 bridgehead atoms. The molecule has 2 heterocycles. The minimum Gasteiger partial charge on any atom is -0.492 e. The van der Waals surface area contributed by atoms with Crippen molar-refractivity contribution in [1.82, 2.24) is 14.9 Å². The predicted octanol–water partition coefficient (Wildman–Crippen LogP) is 2.03. The Balaban J connectivity index is 1.42. The van der Waals surface area contributed by atoms with Crippen LogP contribution in [0.15, 0.2) is 36.7 Å². The summed E-state index contributed by atoms with van der Waals surface area (Å²) in [5.41, 5.74) is -0.0401. The molecule has 0 radical (unpaired) electrons. The van der Waals surface area contributed by atoms with E-state index >= 15 is 0 Å². The monoisotopic (exact) mass is 362 g/mol. The van der Waals surface area contributed by atoms with Crippen LogP contribution in [-0.4, -0.2) is 65.3 Å². The Morgan fingerprint density at radius 3 is 2.44 bits per heavy atom. The van der Waals surface area contributed by atoms with Gasteiger partial charge >= 0.3 is 5.97 Å². The largest absolute Gasteiger partial charge is 0.492 e. The van der Waals surface area contributed by atoms with Crippen molar-refractivity contribution in [3.63, 3.8) is 0 Å². The van der Waals surface area contributed by atoms with Gasteiger partial charge in [-0.3, -0.25) is 4.90 Å². The van der Waals surface area contributed by atoms with Gasteiger partial charge in [-0.15, -0.1) is 0 Å². The Bertz CT molecular complexity index is 701. The molecule has 132 valence electrons. The first-order valence-corrected chi connectivity index (χ1v) is 8.40. The quantitative estimate of drug-likeness (QED) is 0.842. The van der Waals surface area contributed by atoms with Gasteiger partial charge in [-0.1, -0.05) is 11.6 Å². The Kier molecular flexibility index (Phi) is 5.67. The fraction of sp³-hybridized carbons (Fsp3) is 0.353. The fourth-order valence-electron chi connectivity index (χ4n) is 2.62. The topological polar surface area (TPSA) is 78.8 Å². The number of piperazine rings is 1. The summed E-state index contributed by atoms with van der Waals surface area (Å²) in [5.74, 6) is 0.462. The van der Waals surface area contributed by atoms with E-state index in [4.69, 9.17) is 21.4 Å². The van der Waals surface area contributed by atoms with Crippen LogP contribution >= 0.6 is 11.6 Å². The van der Waals surface area contributed by atoms with Crippen LogP contribution in [0.5, 0.6) is 5.75 Å². The molecule has 0 unspecified atom stereocenters. The molecule has 7 nitrogen and oxygen atoms in total. The standard InChI is InChI=1S/C17H19ClN4O3/c18-13-1-3-14(4-2-13)25-10-9-21-5-7-22(8-6-21)16-12-19-15(11-20-16)17(23)24/h1-4,11-12H,5-10H2,(H,23,24). The van der Waals surface area contributed by atoms with E-state index in [1.807, 2.05) is 24.3 Å². The summed E-state index contributed by atoms with van der Waals surface area (Å²) in [6.07, 6.45) is 2.81. The maximum absolute atomic E-state index is 10.8. The lowest BCUT2D eigenvalue weighted by Crippen LogP contribution is -2.47. The van der Waals surface area contributed by atoms with Gasteiger partial charge < -0.3 is 14.7 Å². The molecule has 0 saturated carbocycles. The Hall–Kier alpha value is -2.38. The molecule has 1 aromatic carbocycles. The van der Waals surface area contributed by atoms with Crippen LogP contribution in [0.25, 0.3) is 0 Å². The molecule has 1 aliphatic rings. The molecule has 3 rings (SSSR count). The van der Waals surface area contributed by atoms with E-state index in [-0.39, 0.29) is 5.69 Å². The molecule has 1 N–H and O–H groups in total. The van der Waals surface area contributed by atoms with Gasteiger partial charge in [0, 0.05) is 37.7 Å². The predicted molar refractivity (Wildman–Crippen MR) is 94.6 cm³/mol. The van der Waals surface area contributed by atoms with Gasteiger partial charge in [-0.25, -0.2) is 14.8 Å². The maximum atomic E-state index is 10.8. The number of ether oxygens (including phenoxy) is 1. The summed E-state index contributed by atoms with van der Waals surface area (Å²) in [6, 6.07) is 7.35. The first kappa shape index (κ1) is 17.4. The second-order valence-corrected chi connectivity index (χ2v) is 6.13. The highest BCUT2D eigenvalue weighted by Gasteiger charge is 2.18. The van der Waals surface area contributed by atoms with E-state index < -0.39 is 5.97 Å². The molecule has 2 aromatic rings. The number of carbonyl (C=O) groups is 1. The third-order valence-electron chi connectivity index (χ3n) is 4.04. The van der Waals surface area contributed by atoms with E-state index in [2.05, 4.69) is 19.8 Å². The van der Waals surface area contributed by atoms with Gasteiger partial charge in [0.1, 0.15) is 18.2 Å². The summed E-state index contributed by atoms with van der Waals surface area (Å²) in [7, 11) is 0. The molecular weight excluding hydrogens is 344 g/mol. The van der Waals surface area contributed by atoms with Crippen molar-refractivity contribution in [3.8, 4) is 5.75 Å². The number of carboxylic acid groups (broad SMARTS) is 1. The van der Waals surface area contributed by atoms with Gasteiger partial charge in [0.25, 0.3) is 0 Å². The van der Waals surface area contributed by atoms with Crippen LogP contribution in [0.1, 0.15) is 10.5 Å². The van der Waals surface area contributed by atoms with Crippen LogP contribution in [0.3, 0.4) is 0 Å². The molecule has 1 fully saturated rings. The van der Waals surface area contributed by atoms with Crippen LogP contribution < -0.4 is 9.64 Å². The Morgan fingerprint density at radius 2 is 1.84 bits per heavy atom. The van der Waals surface area contributed by atoms with Gasteiger partial charge in [-0.05, 0) is 24.3 Å². The average Bonchev–Trinajstić information content (AvgIpc) is 2.64. The van der Waals surface area contributed by atoms with Crippen molar-refractivity contribution >= 4 is 23.4 Å². The molecule has 1 saturated heterocycles. The van der Waals surface area contributed by atoms with Gasteiger partial charge in [0.2, 0.25) is 0 Å². The first-order chi connectivity index (χ1) is 12.1. The summed E-state index contributed by atoms with van der Waals surface area (Å²) >= 11 is 5.85. The van der Waals surface area contributed by atoms with Crippen molar-refractivity contribution in [2.75, 3.05) is 44.2 Å². The lowest BCUT2D eigenvalue weighted by Gasteiger charge is -2.35. The molecule has 0 atom stereocenters. The highest BCUT2D eigenvalue weighted by molar-refractivity contribution is 6.30. The number of hydrogen-bond donors (Lipinski definition) is 1. The van der Waals surface area contributed by atoms with Gasteiger partial charge in [0.05, 0.1) is 12.4 Å². The minimum atomic E-state index is -1.07. The van der Waals surface area contributed by atoms with Gasteiger partial charge in [-0.2, -0.15) is 0 Å². The molecule has 8 heteroatoms. The summed E-state index contributed by atoms with van der Waals surface area (Å²) in [5, 5.41) is 9.56. The van der Waals surface area contributed by atoms with Crippen molar-refractivity contribution in [2.45, 2.75) is 0 Å². The summed E-state index contributed by atoms with van der Waals surface area (Å²) in [4.78, 5) is 23.3. The first-order valence-electron chi connectivity index (χ1n) is 8.03. The zero-order valence-electron chi connectivity index (χ0n) is 13.6. The molecule has 0 aliphatic carbocycles.